The summed E-state index contributed by atoms with van der Waals surface area (Å²) < 4.78 is 28.3. The highest BCUT2D eigenvalue weighted by Crippen LogP contribution is 2.39. The number of nitrogens with zero attached hydrogens (tertiary/aromatic N) is 2. The number of amides is 1. The fourth-order valence-electron chi connectivity index (χ4n) is 4.53. The van der Waals surface area contributed by atoms with Crippen molar-refractivity contribution in [1.29, 1.82) is 0 Å². The van der Waals surface area contributed by atoms with E-state index in [9.17, 15) is 4.79 Å². The van der Waals surface area contributed by atoms with Gasteiger partial charge in [-0.2, -0.15) is 0 Å². The SMILES string of the molecule is COc1ccc(OCC2c3cc(OC)c(OC)cc3CCN2C(=O)c2ncc(-c3ccccc3)o2)cc1. The minimum Gasteiger partial charge on any atom is -0.497 e. The molecule has 0 aliphatic carbocycles. The minimum absolute atomic E-state index is 0.0391. The molecule has 3 aromatic carbocycles. The van der Waals surface area contributed by atoms with Crippen LogP contribution in [-0.4, -0.2) is 50.3 Å². The van der Waals surface area contributed by atoms with Crippen molar-refractivity contribution in [2.75, 3.05) is 34.5 Å². The van der Waals surface area contributed by atoms with Gasteiger partial charge in [-0.25, -0.2) is 4.98 Å². The maximum absolute atomic E-state index is 13.7. The molecule has 190 valence electrons. The van der Waals surface area contributed by atoms with Crippen LogP contribution in [-0.2, 0) is 6.42 Å². The fourth-order valence-corrected chi connectivity index (χ4v) is 4.53. The Bertz CT molecular complexity index is 1370. The second-order valence-electron chi connectivity index (χ2n) is 8.55. The van der Waals surface area contributed by atoms with Crippen LogP contribution in [0.15, 0.2) is 77.3 Å². The number of carbonyl (C=O) groups is 1. The highest BCUT2D eigenvalue weighted by molar-refractivity contribution is 5.90. The average molecular weight is 501 g/mol. The van der Waals surface area contributed by atoms with Crippen LogP contribution in [0.1, 0.15) is 27.9 Å². The Hall–Kier alpha value is -4.46. The van der Waals surface area contributed by atoms with Crippen molar-refractivity contribution in [2.24, 2.45) is 0 Å². The van der Waals surface area contributed by atoms with Gasteiger partial charge in [-0.05, 0) is 53.9 Å². The first-order valence-corrected chi connectivity index (χ1v) is 11.9. The van der Waals surface area contributed by atoms with Crippen molar-refractivity contribution in [1.82, 2.24) is 9.88 Å². The van der Waals surface area contributed by atoms with Gasteiger partial charge in [-0.3, -0.25) is 4.79 Å². The number of ether oxygens (including phenoxy) is 4. The van der Waals surface area contributed by atoms with E-state index >= 15 is 0 Å². The summed E-state index contributed by atoms with van der Waals surface area (Å²) in [6, 6.07) is 20.4. The predicted octanol–water partition coefficient (Wildman–Crippen LogP) is 5.19. The summed E-state index contributed by atoms with van der Waals surface area (Å²) in [6.07, 6.45) is 2.23. The number of aromatic nitrogens is 1. The van der Waals surface area contributed by atoms with Crippen molar-refractivity contribution in [3.63, 3.8) is 0 Å². The first-order chi connectivity index (χ1) is 18.1. The molecule has 1 unspecified atom stereocenters. The molecule has 1 aliphatic heterocycles. The molecule has 0 saturated heterocycles. The van der Waals surface area contributed by atoms with Crippen LogP contribution in [0.4, 0.5) is 0 Å². The van der Waals surface area contributed by atoms with Gasteiger partial charge >= 0.3 is 5.91 Å². The zero-order valence-electron chi connectivity index (χ0n) is 21.0. The summed E-state index contributed by atoms with van der Waals surface area (Å²) in [5.74, 6) is 2.93. The lowest BCUT2D eigenvalue weighted by atomic mass is 9.92. The summed E-state index contributed by atoms with van der Waals surface area (Å²) in [6.45, 7) is 0.702. The lowest BCUT2D eigenvalue weighted by Crippen LogP contribution is -2.42. The molecule has 4 aromatic rings. The molecule has 5 rings (SSSR count). The summed E-state index contributed by atoms with van der Waals surface area (Å²) in [7, 11) is 4.82. The number of carbonyl (C=O) groups excluding carboxylic acids is 1. The Balaban J connectivity index is 1.46. The van der Waals surface area contributed by atoms with E-state index in [4.69, 9.17) is 23.4 Å². The van der Waals surface area contributed by atoms with Gasteiger partial charge in [0.05, 0.1) is 33.6 Å². The first kappa shape index (κ1) is 24.2. The molecule has 0 spiro atoms. The van der Waals surface area contributed by atoms with Crippen molar-refractivity contribution in [3.05, 3.63) is 89.9 Å². The van der Waals surface area contributed by atoms with E-state index in [1.54, 1.807) is 32.4 Å². The lowest BCUT2D eigenvalue weighted by molar-refractivity contribution is 0.0550. The molecule has 1 aliphatic rings. The number of fused-ring (bicyclic) bond motifs is 1. The molecule has 0 saturated carbocycles. The predicted molar refractivity (Wildman–Crippen MR) is 137 cm³/mol. The van der Waals surface area contributed by atoms with Crippen molar-refractivity contribution in [3.8, 4) is 34.3 Å². The molecule has 1 aromatic heterocycles. The summed E-state index contributed by atoms with van der Waals surface area (Å²) in [5.41, 5.74) is 2.86. The number of benzene rings is 3. The molecular formula is C29H28N2O6. The molecule has 2 heterocycles. The number of oxazole rings is 1. The van der Waals surface area contributed by atoms with Gasteiger partial charge in [0, 0.05) is 12.1 Å². The third kappa shape index (κ3) is 4.95. The minimum atomic E-state index is -0.398. The zero-order valence-corrected chi connectivity index (χ0v) is 21.0. The van der Waals surface area contributed by atoms with Gasteiger partial charge in [0.25, 0.3) is 5.89 Å². The molecule has 1 amide bonds. The van der Waals surface area contributed by atoms with Gasteiger partial charge in [0.1, 0.15) is 18.1 Å². The molecule has 1 atom stereocenters. The van der Waals surface area contributed by atoms with Crippen molar-refractivity contribution in [2.45, 2.75) is 12.5 Å². The third-order valence-electron chi connectivity index (χ3n) is 6.48. The van der Waals surface area contributed by atoms with Crippen molar-refractivity contribution >= 4 is 5.91 Å². The van der Waals surface area contributed by atoms with E-state index in [2.05, 4.69) is 4.98 Å². The molecule has 8 heteroatoms. The van der Waals surface area contributed by atoms with Gasteiger partial charge in [-0.15, -0.1) is 0 Å². The third-order valence-corrected chi connectivity index (χ3v) is 6.48. The standard InChI is InChI=1S/C29H28N2O6/c1-33-21-9-11-22(12-10-21)36-18-24-23-16-26(35-3)25(34-2)15-20(23)13-14-31(24)29(32)28-30-17-27(37-28)19-7-5-4-6-8-19/h4-12,15-17,24H,13-14,18H2,1-3H3. The monoisotopic (exact) mass is 500 g/mol. The molecule has 0 bridgehead atoms. The van der Waals surface area contributed by atoms with E-state index in [1.165, 1.54) is 0 Å². The molecule has 0 N–H and O–H groups in total. The van der Waals surface area contributed by atoms with Gasteiger partial charge in [0.15, 0.2) is 17.3 Å². The Kier molecular flexibility index (Phi) is 6.98. The number of hydrogen-bond donors (Lipinski definition) is 0. The van der Waals surface area contributed by atoms with Crippen LogP contribution >= 0.6 is 0 Å². The maximum atomic E-state index is 13.7. The Morgan fingerprint density at radius 3 is 2.35 bits per heavy atom. The van der Waals surface area contributed by atoms with Crippen LogP contribution < -0.4 is 18.9 Å². The normalized spacial score (nSPS) is 14.6. The second kappa shape index (κ2) is 10.7. The number of rotatable bonds is 8. The van der Waals surface area contributed by atoms with Crippen LogP contribution in [0.3, 0.4) is 0 Å². The summed E-state index contributed by atoms with van der Waals surface area (Å²) in [4.78, 5) is 19.7. The first-order valence-electron chi connectivity index (χ1n) is 11.9. The van der Waals surface area contributed by atoms with Gasteiger partial charge in [0.2, 0.25) is 0 Å². The quantitative estimate of drug-likeness (QED) is 0.329. The van der Waals surface area contributed by atoms with E-state index in [1.807, 2.05) is 66.7 Å². The summed E-state index contributed by atoms with van der Waals surface area (Å²) >= 11 is 0. The number of hydrogen-bond acceptors (Lipinski definition) is 7. The Labute approximate surface area is 215 Å². The van der Waals surface area contributed by atoms with E-state index in [0.717, 1.165) is 22.4 Å². The average Bonchev–Trinajstić information content (AvgIpc) is 3.46. The van der Waals surface area contributed by atoms with E-state index < -0.39 is 6.04 Å². The maximum Gasteiger partial charge on any atom is 0.310 e. The van der Waals surface area contributed by atoms with Crippen LogP contribution in [0.5, 0.6) is 23.0 Å². The van der Waals surface area contributed by atoms with Crippen molar-refractivity contribution < 1.29 is 28.2 Å². The fraction of sp³-hybridized carbons (Fsp3) is 0.241. The molecular weight excluding hydrogens is 472 g/mol. The molecule has 0 radical (unpaired) electrons. The summed E-state index contributed by atoms with van der Waals surface area (Å²) in [5, 5.41) is 0. The lowest BCUT2D eigenvalue weighted by Gasteiger charge is -2.37. The topological polar surface area (TPSA) is 83.3 Å². The largest absolute Gasteiger partial charge is 0.497 e. The van der Waals surface area contributed by atoms with Gasteiger partial charge in [-0.1, -0.05) is 30.3 Å². The second-order valence-corrected chi connectivity index (χ2v) is 8.55. The highest BCUT2D eigenvalue weighted by Gasteiger charge is 2.35. The van der Waals surface area contributed by atoms with Crippen LogP contribution in [0.25, 0.3) is 11.3 Å². The van der Waals surface area contributed by atoms with Gasteiger partial charge < -0.3 is 28.3 Å². The van der Waals surface area contributed by atoms with E-state index in [-0.39, 0.29) is 18.4 Å². The van der Waals surface area contributed by atoms with E-state index in [0.29, 0.717) is 36.0 Å². The molecule has 0 fully saturated rings. The Morgan fingerprint density at radius 2 is 1.65 bits per heavy atom. The van der Waals surface area contributed by atoms with Crippen LogP contribution in [0.2, 0.25) is 0 Å². The molecule has 8 nitrogen and oxygen atoms in total. The molecule has 37 heavy (non-hydrogen) atoms. The number of methoxy groups -OCH3 is 3. The smallest absolute Gasteiger partial charge is 0.310 e. The highest BCUT2D eigenvalue weighted by atomic mass is 16.5. The Morgan fingerprint density at radius 1 is 0.946 bits per heavy atom. The van der Waals surface area contributed by atoms with Crippen LogP contribution in [0, 0.1) is 0 Å². The zero-order chi connectivity index (χ0) is 25.8.